The summed E-state index contributed by atoms with van der Waals surface area (Å²) in [6.45, 7) is 3.34. The molecular formula is C16H17ClN2O4S. The van der Waals surface area contributed by atoms with Gasteiger partial charge in [-0.2, -0.15) is 0 Å². The first-order valence-electron chi connectivity index (χ1n) is 7.17. The minimum Gasteiger partial charge on any atom is -0.481 e. The van der Waals surface area contributed by atoms with Gasteiger partial charge in [-0.25, -0.2) is 0 Å². The molecule has 0 fully saturated rings. The molecule has 1 aromatic carbocycles. The second-order valence-electron chi connectivity index (χ2n) is 6.16. The van der Waals surface area contributed by atoms with Crippen molar-refractivity contribution >= 4 is 50.8 Å². The molecule has 8 heteroatoms. The third kappa shape index (κ3) is 4.46. The number of amides is 2. The van der Waals surface area contributed by atoms with E-state index in [0.29, 0.717) is 9.90 Å². The standard InChI is InChI=1S/C16H17ClN2O4S/c1-16(2,8-12(21)22)7-11(20)18-19-15(23)14-13(17)9-5-3-4-6-10(9)24-14/h3-6H,7-8H2,1-2H3,(H,18,20)(H,19,23)(H,21,22). The Morgan fingerprint density at radius 3 is 2.46 bits per heavy atom. The lowest BCUT2D eigenvalue weighted by molar-refractivity contribution is -0.139. The molecular weight excluding hydrogens is 352 g/mol. The van der Waals surface area contributed by atoms with E-state index in [4.69, 9.17) is 16.7 Å². The molecule has 1 aromatic heterocycles. The zero-order chi connectivity index (χ0) is 17.9. The molecule has 0 unspecified atom stereocenters. The SMILES string of the molecule is CC(C)(CC(=O)O)CC(=O)NNC(=O)c1sc2ccccc2c1Cl. The van der Waals surface area contributed by atoms with Gasteiger partial charge in [-0.1, -0.05) is 43.6 Å². The lowest BCUT2D eigenvalue weighted by Gasteiger charge is -2.21. The average molecular weight is 369 g/mol. The third-order valence-corrected chi connectivity index (χ3v) is 5.00. The number of aliphatic carboxylic acids is 1. The third-order valence-electron chi connectivity index (χ3n) is 3.33. The van der Waals surface area contributed by atoms with Gasteiger partial charge in [0.15, 0.2) is 0 Å². The second kappa shape index (κ2) is 7.19. The number of nitrogens with one attached hydrogen (secondary N) is 2. The lowest BCUT2D eigenvalue weighted by Crippen LogP contribution is -2.43. The Balaban J connectivity index is 1.98. The smallest absolute Gasteiger partial charge is 0.303 e. The highest BCUT2D eigenvalue weighted by Crippen LogP contribution is 2.34. The summed E-state index contributed by atoms with van der Waals surface area (Å²) in [5.41, 5.74) is 3.90. The number of hydrazine groups is 1. The largest absolute Gasteiger partial charge is 0.481 e. The van der Waals surface area contributed by atoms with Crippen molar-refractivity contribution in [3.63, 3.8) is 0 Å². The van der Waals surface area contributed by atoms with Gasteiger partial charge in [0.1, 0.15) is 4.88 Å². The number of rotatable bonds is 5. The Hall–Kier alpha value is -2.12. The Labute approximate surface area is 147 Å². The van der Waals surface area contributed by atoms with E-state index in [1.165, 1.54) is 11.3 Å². The normalized spacial score (nSPS) is 11.3. The summed E-state index contributed by atoms with van der Waals surface area (Å²) >= 11 is 7.43. The molecule has 2 amide bonds. The van der Waals surface area contributed by atoms with E-state index in [0.717, 1.165) is 10.1 Å². The highest BCUT2D eigenvalue weighted by Gasteiger charge is 2.25. The second-order valence-corrected chi connectivity index (χ2v) is 7.59. The van der Waals surface area contributed by atoms with Crippen molar-refractivity contribution in [1.29, 1.82) is 0 Å². The number of hydrogen-bond donors (Lipinski definition) is 3. The van der Waals surface area contributed by atoms with Gasteiger partial charge in [0.05, 0.1) is 11.4 Å². The van der Waals surface area contributed by atoms with Crippen LogP contribution in [0.25, 0.3) is 10.1 Å². The Kier molecular flexibility index (Phi) is 5.46. The average Bonchev–Trinajstić information content (AvgIpc) is 2.80. The number of carbonyl (C=O) groups excluding carboxylic acids is 2. The van der Waals surface area contributed by atoms with Crippen molar-refractivity contribution in [2.45, 2.75) is 26.7 Å². The monoisotopic (exact) mass is 368 g/mol. The molecule has 0 radical (unpaired) electrons. The number of carboxylic acids is 1. The molecule has 0 aliphatic rings. The van der Waals surface area contributed by atoms with Crippen LogP contribution in [0.4, 0.5) is 0 Å². The van der Waals surface area contributed by atoms with Gasteiger partial charge in [-0.15, -0.1) is 11.3 Å². The number of halogens is 1. The molecule has 6 nitrogen and oxygen atoms in total. The number of benzene rings is 1. The van der Waals surface area contributed by atoms with E-state index < -0.39 is 23.2 Å². The molecule has 0 spiro atoms. The van der Waals surface area contributed by atoms with E-state index in [1.807, 2.05) is 24.3 Å². The quantitative estimate of drug-likeness (QED) is 0.706. The van der Waals surface area contributed by atoms with Gasteiger partial charge >= 0.3 is 5.97 Å². The number of thiophene rings is 1. The Morgan fingerprint density at radius 1 is 1.17 bits per heavy atom. The fraction of sp³-hybridized carbons (Fsp3) is 0.312. The number of hydrogen-bond acceptors (Lipinski definition) is 4. The van der Waals surface area contributed by atoms with Crippen LogP contribution in [0.3, 0.4) is 0 Å². The molecule has 0 bridgehead atoms. The molecule has 0 aliphatic heterocycles. The molecule has 0 aliphatic carbocycles. The van der Waals surface area contributed by atoms with Crippen LogP contribution >= 0.6 is 22.9 Å². The minimum atomic E-state index is -0.978. The fourth-order valence-corrected chi connectivity index (χ4v) is 3.71. The minimum absolute atomic E-state index is 0.0280. The number of carbonyl (C=O) groups is 3. The van der Waals surface area contributed by atoms with E-state index in [2.05, 4.69) is 10.9 Å². The van der Waals surface area contributed by atoms with Gasteiger partial charge in [0.25, 0.3) is 5.91 Å². The lowest BCUT2D eigenvalue weighted by atomic mass is 9.85. The molecule has 0 saturated carbocycles. The van der Waals surface area contributed by atoms with Gasteiger partial charge in [0.2, 0.25) is 5.91 Å². The van der Waals surface area contributed by atoms with Crippen molar-refractivity contribution in [2.24, 2.45) is 5.41 Å². The number of fused-ring (bicyclic) bond motifs is 1. The van der Waals surface area contributed by atoms with E-state index in [-0.39, 0.29) is 12.8 Å². The topological polar surface area (TPSA) is 95.5 Å². The van der Waals surface area contributed by atoms with Crippen molar-refractivity contribution in [2.75, 3.05) is 0 Å². The maximum Gasteiger partial charge on any atom is 0.303 e. The van der Waals surface area contributed by atoms with Crippen LogP contribution in [0.2, 0.25) is 5.02 Å². The van der Waals surface area contributed by atoms with Crippen LogP contribution in [-0.2, 0) is 9.59 Å². The summed E-state index contributed by atoms with van der Waals surface area (Å²) in [5, 5.41) is 9.94. The predicted molar refractivity (Wildman–Crippen MR) is 93.1 cm³/mol. The van der Waals surface area contributed by atoms with E-state index in [1.54, 1.807) is 13.8 Å². The first-order chi connectivity index (χ1) is 11.2. The van der Waals surface area contributed by atoms with Crippen LogP contribution in [0.1, 0.15) is 36.4 Å². The first-order valence-corrected chi connectivity index (χ1v) is 8.37. The highest BCUT2D eigenvalue weighted by atomic mass is 35.5. The van der Waals surface area contributed by atoms with E-state index >= 15 is 0 Å². The number of carboxylic acid groups (broad SMARTS) is 1. The molecule has 0 saturated heterocycles. The molecule has 3 N–H and O–H groups in total. The van der Waals surface area contributed by atoms with Crippen LogP contribution < -0.4 is 10.9 Å². The molecule has 1 heterocycles. The van der Waals surface area contributed by atoms with Crippen LogP contribution in [0, 0.1) is 5.41 Å². The summed E-state index contributed by atoms with van der Waals surface area (Å²) in [5.74, 6) is -1.95. The molecule has 24 heavy (non-hydrogen) atoms. The Morgan fingerprint density at radius 2 is 1.83 bits per heavy atom. The van der Waals surface area contributed by atoms with Gasteiger partial charge < -0.3 is 5.11 Å². The molecule has 0 atom stereocenters. The first kappa shape index (κ1) is 18.2. The van der Waals surface area contributed by atoms with Crippen molar-refractivity contribution < 1.29 is 19.5 Å². The van der Waals surface area contributed by atoms with Crippen molar-refractivity contribution in [3.8, 4) is 0 Å². The molecule has 2 aromatic rings. The predicted octanol–water partition coefficient (Wildman–Crippen LogP) is 3.21. The zero-order valence-corrected chi connectivity index (χ0v) is 14.8. The molecule has 128 valence electrons. The van der Waals surface area contributed by atoms with Gasteiger partial charge in [0, 0.05) is 16.5 Å². The highest BCUT2D eigenvalue weighted by molar-refractivity contribution is 7.21. The summed E-state index contributed by atoms with van der Waals surface area (Å²) in [4.78, 5) is 35.1. The maximum atomic E-state index is 12.2. The summed E-state index contributed by atoms with van der Waals surface area (Å²) in [6, 6.07) is 7.35. The summed E-state index contributed by atoms with van der Waals surface area (Å²) in [7, 11) is 0. The fourth-order valence-electron chi connectivity index (χ4n) is 2.29. The van der Waals surface area contributed by atoms with Crippen LogP contribution in [0.15, 0.2) is 24.3 Å². The summed E-state index contributed by atoms with van der Waals surface area (Å²) < 4.78 is 0.876. The van der Waals surface area contributed by atoms with Gasteiger partial charge in [-0.05, 0) is 11.5 Å². The van der Waals surface area contributed by atoms with E-state index in [9.17, 15) is 14.4 Å². The Bertz CT molecular complexity index is 800. The zero-order valence-electron chi connectivity index (χ0n) is 13.2. The van der Waals surface area contributed by atoms with Crippen LogP contribution in [-0.4, -0.2) is 22.9 Å². The van der Waals surface area contributed by atoms with Crippen molar-refractivity contribution in [3.05, 3.63) is 34.2 Å². The van der Waals surface area contributed by atoms with Crippen LogP contribution in [0.5, 0.6) is 0 Å². The van der Waals surface area contributed by atoms with Gasteiger partial charge in [-0.3, -0.25) is 25.2 Å². The maximum absolute atomic E-state index is 12.2. The molecule has 2 rings (SSSR count). The van der Waals surface area contributed by atoms with Crippen molar-refractivity contribution in [1.82, 2.24) is 10.9 Å². The summed E-state index contributed by atoms with van der Waals surface area (Å²) in [6.07, 6.45) is -0.170.